The lowest BCUT2D eigenvalue weighted by Crippen LogP contribution is -2.51. The monoisotopic (exact) mass is 255 g/mol. The molecule has 1 rings (SSSR count). The van der Waals surface area contributed by atoms with Crippen LogP contribution in [-0.4, -0.2) is 78.6 Å². The van der Waals surface area contributed by atoms with Crippen molar-refractivity contribution in [3.05, 3.63) is 11.8 Å². The first kappa shape index (κ1) is 15.0. The number of aliphatic hydroxyl groups is 1. The molecular formula is C13H25N3O2. The van der Waals surface area contributed by atoms with E-state index in [0.717, 1.165) is 13.1 Å². The first-order chi connectivity index (χ1) is 8.41. The Kier molecular flexibility index (Phi) is 5.62. The third kappa shape index (κ3) is 4.31. The Bertz CT molecular complexity index is 305. The highest BCUT2D eigenvalue weighted by Crippen LogP contribution is 2.08. The van der Waals surface area contributed by atoms with Gasteiger partial charge in [-0.15, -0.1) is 0 Å². The number of hydrogen-bond donors (Lipinski definition) is 1. The van der Waals surface area contributed by atoms with Crippen LogP contribution in [0.2, 0.25) is 0 Å². The maximum atomic E-state index is 12.0. The van der Waals surface area contributed by atoms with Gasteiger partial charge in [0.25, 0.3) is 5.91 Å². The lowest BCUT2D eigenvalue weighted by Gasteiger charge is -2.36. The fraction of sp³-hybridized carbons (Fsp3) is 0.769. The molecule has 5 heteroatoms. The predicted molar refractivity (Wildman–Crippen MR) is 72.6 cm³/mol. The molecule has 0 aliphatic carbocycles. The number of rotatable bonds is 4. The van der Waals surface area contributed by atoms with Gasteiger partial charge in [-0.1, -0.05) is 0 Å². The molecule has 0 atom stereocenters. The SMILES string of the molecule is CC(C)N1CCN(C(=O)/C(O)=C/CN(C)C)CC1. The van der Waals surface area contributed by atoms with E-state index in [2.05, 4.69) is 18.7 Å². The maximum absolute atomic E-state index is 12.0. The molecule has 1 fully saturated rings. The number of likely N-dealkylation sites (N-methyl/N-ethyl adjacent to an activating group) is 1. The van der Waals surface area contributed by atoms with E-state index in [1.54, 1.807) is 11.0 Å². The quantitative estimate of drug-likeness (QED) is 0.588. The minimum absolute atomic E-state index is 0.137. The summed E-state index contributed by atoms with van der Waals surface area (Å²) in [5.74, 6) is -0.387. The highest BCUT2D eigenvalue weighted by atomic mass is 16.3. The van der Waals surface area contributed by atoms with E-state index in [9.17, 15) is 9.90 Å². The molecule has 0 saturated carbocycles. The second-order valence-electron chi connectivity index (χ2n) is 5.27. The molecule has 0 spiro atoms. The Labute approximate surface area is 110 Å². The highest BCUT2D eigenvalue weighted by molar-refractivity contribution is 5.91. The van der Waals surface area contributed by atoms with E-state index < -0.39 is 0 Å². The average molecular weight is 255 g/mol. The van der Waals surface area contributed by atoms with Crippen LogP contribution in [0.25, 0.3) is 0 Å². The Hall–Kier alpha value is -1.07. The zero-order chi connectivity index (χ0) is 13.7. The van der Waals surface area contributed by atoms with Crippen LogP contribution in [0.15, 0.2) is 11.8 Å². The topological polar surface area (TPSA) is 47.0 Å². The van der Waals surface area contributed by atoms with E-state index in [4.69, 9.17) is 0 Å². The number of piperazine rings is 1. The van der Waals surface area contributed by atoms with Gasteiger partial charge >= 0.3 is 0 Å². The van der Waals surface area contributed by atoms with E-state index in [0.29, 0.717) is 25.7 Å². The average Bonchev–Trinajstić information content (AvgIpc) is 2.35. The lowest BCUT2D eigenvalue weighted by atomic mass is 10.2. The smallest absolute Gasteiger partial charge is 0.288 e. The van der Waals surface area contributed by atoms with Crippen molar-refractivity contribution < 1.29 is 9.90 Å². The fourth-order valence-corrected chi connectivity index (χ4v) is 1.96. The molecule has 1 aliphatic rings. The van der Waals surface area contributed by atoms with Gasteiger partial charge in [0, 0.05) is 38.8 Å². The first-order valence-corrected chi connectivity index (χ1v) is 6.49. The lowest BCUT2D eigenvalue weighted by molar-refractivity contribution is -0.131. The minimum Gasteiger partial charge on any atom is -0.503 e. The Morgan fingerprint density at radius 1 is 1.28 bits per heavy atom. The summed E-state index contributed by atoms with van der Waals surface area (Å²) in [6, 6.07) is 0.514. The predicted octanol–water partition coefficient (Wildman–Crippen LogP) is 0.543. The molecule has 0 aromatic heterocycles. The molecule has 0 bridgehead atoms. The van der Waals surface area contributed by atoms with Crippen molar-refractivity contribution in [2.24, 2.45) is 0 Å². The summed E-state index contributed by atoms with van der Waals surface area (Å²) < 4.78 is 0. The number of carbonyl (C=O) groups excluding carboxylic acids is 1. The zero-order valence-electron chi connectivity index (χ0n) is 11.9. The number of carbonyl (C=O) groups is 1. The van der Waals surface area contributed by atoms with Crippen LogP contribution >= 0.6 is 0 Å². The van der Waals surface area contributed by atoms with Gasteiger partial charge in [-0.3, -0.25) is 9.69 Å². The molecule has 5 nitrogen and oxygen atoms in total. The van der Waals surface area contributed by atoms with E-state index in [-0.39, 0.29) is 11.7 Å². The van der Waals surface area contributed by atoms with Gasteiger partial charge in [0.05, 0.1) is 0 Å². The molecule has 1 saturated heterocycles. The summed E-state index contributed by atoms with van der Waals surface area (Å²) in [6.07, 6.45) is 1.57. The standard InChI is InChI=1S/C13H25N3O2/c1-11(2)15-7-9-16(10-8-15)13(18)12(17)5-6-14(3)4/h5,11,17H,6-10H2,1-4H3/b12-5-. The van der Waals surface area contributed by atoms with Crippen LogP contribution < -0.4 is 0 Å². The van der Waals surface area contributed by atoms with Crippen LogP contribution in [0, 0.1) is 0 Å². The first-order valence-electron chi connectivity index (χ1n) is 6.49. The number of amides is 1. The molecule has 1 N–H and O–H groups in total. The molecule has 0 aromatic rings. The van der Waals surface area contributed by atoms with Crippen LogP contribution in [-0.2, 0) is 4.79 Å². The van der Waals surface area contributed by atoms with E-state index in [1.807, 2.05) is 19.0 Å². The second-order valence-corrected chi connectivity index (χ2v) is 5.27. The third-order valence-electron chi connectivity index (χ3n) is 3.20. The van der Waals surface area contributed by atoms with Crippen molar-refractivity contribution in [3.8, 4) is 0 Å². The summed E-state index contributed by atoms with van der Waals surface area (Å²) in [5, 5.41) is 9.72. The van der Waals surface area contributed by atoms with Crippen molar-refractivity contribution in [1.29, 1.82) is 0 Å². The second kappa shape index (κ2) is 6.75. The third-order valence-corrected chi connectivity index (χ3v) is 3.20. The summed E-state index contributed by atoms with van der Waals surface area (Å²) >= 11 is 0. The molecule has 1 amide bonds. The highest BCUT2D eigenvalue weighted by Gasteiger charge is 2.24. The van der Waals surface area contributed by atoms with Crippen LogP contribution in [0.5, 0.6) is 0 Å². The largest absolute Gasteiger partial charge is 0.503 e. The van der Waals surface area contributed by atoms with Gasteiger partial charge < -0.3 is 14.9 Å². The van der Waals surface area contributed by atoms with Crippen molar-refractivity contribution in [3.63, 3.8) is 0 Å². The van der Waals surface area contributed by atoms with Crippen LogP contribution in [0.3, 0.4) is 0 Å². The van der Waals surface area contributed by atoms with Crippen LogP contribution in [0.1, 0.15) is 13.8 Å². The van der Waals surface area contributed by atoms with Crippen molar-refractivity contribution in [2.75, 3.05) is 46.8 Å². The van der Waals surface area contributed by atoms with Gasteiger partial charge in [0.2, 0.25) is 0 Å². The van der Waals surface area contributed by atoms with Gasteiger partial charge in [0.15, 0.2) is 5.76 Å². The number of hydrogen-bond acceptors (Lipinski definition) is 4. The fourth-order valence-electron chi connectivity index (χ4n) is 1.96. The molecule has 0 radical (unpaired) electrons. The van der Waals surface area contributed by atoms with Gasteiger partial charge in [-0.2, -0.15) is 0 Å². The van der Waals surface area contributed by atoms with Gasteiger partial charge in [-0.05, 0) is 34.0 Å². The summed E-state index contributed by atoms with van der Waals surface area (Å²) in [7, 11) is 3.80. The van der Waals surface area contributed by atoms with Crippen molar-refractivity contribution in [2.45, 2.75) is 19.9 Å². The molecule has 0 unspecified atom stereocenters. The maximum Gasteiger partial charge on any atom is 0.288 e. The molecule has 0 aromatic carbocycles. The van der Waals surface area contributed by atoms with Crippen molar-refractivity contribution >= 4 is 5.91 Å². The van der Waals surface area contributed by atoms with Crippen LogP contribution in [0.4, 0.5) is 0 Å². The normalized spacial score (nSPS) is 18.8. The Balaban J connectivity index is 2.47. The molecule has 104 valence electrons. The molecule has 1 aliphatic heterocycles. The molecule has 1 heterocycles. The van der Waals surface area contributed by atoms with E-state index in [1.165, 1.54) is 0 Å². The number of nitrogens with zero attached hydrogens (tertiary/aromatic N) is 3. The van der Waals surface area contributed by atoms with Gasteiger partial charge in [-0.25, -0.2) is 0 Å². The minimum atomic E-state index is -0.250. The van der Waals surface area contributed by atoms with E-state index >= 15 is 0 Å². The number of aliphatic hydroxyl groups excluding tert-OH is 1. The summed E-state index contributed by atoms with van der Waals surface area (Å²) in [4.78, 5) is 17.9. The Morgan fingerprint density at radius 3 is 2.28 bits per heavy atom. The Morgan fingerprint density at radius 2 is 1.83 bits per heavy atom. The van der Waals surface area contributed by atoms with Crippen molar-refractivity contribution in [1.82, 2.24) is 14.7 Å². The summed E-state index contributed by atoms with van der Waals surface area (Å²) in [6.45, 7) is 8.03. The molecular weight excluding hydrogens is 230 g/mol. The zero-order valence-corrected chi connectivity index (χ0v) is 11.9. The van der Waals surface area contributed by atoms with Gasteiger partial charge in [0.1, 0.15) is 0 Å². The molecule has 18 heavy (non-hydrogen) atoms. The summed E-state index contributed by atoms with van der Waals surface area (Å²) in [5.41, 5.74) is 0.